The molecule has 4 rings (SSSR count). The molecule has 0 N–H and O–H groups in total. The summed E-state index contributed by atoms with van der Waals surface area (Å²) in [6.07, 6.45) is 3.99. The molecule has 1 saturated heterocycles. The zero-order valence-electron chi connectivity index (χ0n) is 17.0. The molecule has 3 heterocycles. The van der Waals surface area contributed by atoms with Gasteiger partial charge in [-0.1, -0.05) is 0 Å². The summed E-state index contributed by atoms with van der Waals surface area (Å²) in [5.41, 5.74) is 0.733. The summed E-state index contributed by atoms with van der Waals surface area (Å²) in [5, 5.41) is 4.50. The maximum absolute atomic E-state index is 12.7. The van der Waals surface area contributed by atoms with E-state index in [1.165, 1.54) is 0 Å². The normalized spacial score (nSPS) is 17.2. The third-order valence-electron chi connectivity index (χ3n) is 5.87. The van der Waals surface area contributed by atoms with Crippen molar-refractivity contribution in [1.29, 1.82) is 0 Å². The minimum absolute atomic E-state index is 0.0367. The molecule has 0 radical (unpaired) electrons. The van der Waals surface area contributed by atoms with Gasteiger partial charge in [0.2, 0.25) is 0 Å². The van der Waals surface area contributed by atoms with Crippen molar-refractivity contribution in [1.82, 2.24) is 24.1 Å². The first-order chi connectivity index (χ1) is 14.2. The van der Waals surface area contributed by atoms with Gasteiger partial charge in [-0.3, -0.25) is 14.3 Å². The number of rotatable bonds is 6. The summed E-state index contributed by atoms with van der Waals surface area (Å²) < 4.78 is 8.61. The average molecular weight is 399 g/mol. The van der Waals surface area contributed by atoms with E-state index in [2.05, 4.69) is 10.00 Å². The first-order valence-electron chi connectivity index (χ1n) is 10.5. The smallest absolute Gasteiger partial charge is 0.345 e. The van der Waals surface area contributed by atoms with Gasteiger partial charge in [0.1, 0.15) is 11.6 Å². The molecule has 156 valence electrons. The second-order valence-electron chi connectivity index (χ2n) is 7.75. The van der Waals surface area contributed by atoms with Crippen LogP contribution in [0, 0.1) is 0 Å². The lowest BCUT2D eigenvalue weighted by atomic mass is 10.1. The number of carbonyl (C=O) groups excluding carboxylic acids is 1. The van der Waals surface area contributed by atoms with Crippen molar-refractivity contribution < 1.29 is 9.53 Å². The lowest BCUT2D eigenvalue weighted by molar-refractivity contribution is 0.0634. The summed E-state index contributed by atoms with van der Waals surface area (Å²) in [7, 11) is 1.62. The Morgan fingerprint density at radius 2 is 1.79 bits per heavy atom. The quantitative estimate of drug-likeness (QED) is 0.731. The Morgan fingerprint density at radius 1 is 1.03 bits per heavy atom. The van der Waals surface area contributed by atoms with Gasteiger partial charge in [0, 0.05) is 57.8 Å². The lowest BCUT2D eigenvalue weighted by Gasteiger charge is -2.34. The third kappa shape index (κ3) is 4.37. The van der Waals surface area contributed by atoms with Crippen LogP contribution in [0.2, 0.25) is 0 Å². The molecule has 8 heteroatoms. The third-order valence-corrected chi connectivity index (χ3v) is 5.87. The topological polar surface area (TPSA) is 72.6 Å². The Kier molecular flexibility index (Phi) is 5.99. The maximum Gasteiger partial charge on any atom is 0.345 e. The molecule has 1 aromatic heterocycles. The Morgan fingerprint density at radius 3 is 2.48 bits per heavy atom. The predicted octanol–water partition coefficient (Wildman–Crippen LogP) is 1.24. The molecule has 1 aromatic carbocycles. The molecule has 1 amide bonds. The van der Waals surface area contributed by atoms with Crippen molar-refractivity contribution >= 4 is 5.91 Å². The molecule has 0 atom stereocenters. The van der Waals surface area contributed by atoms with E-state index in [0.717, 1.165) is 76.5 Å². The van der Waals surface area contributed by atoms with Crippen molar-refractivity contribution in [3.05, 3.63) is 46.1 Å². The summed E-state index contributed by atoms with van der Waals surface area (Å²) >= 11 is 0. The molecule has 0 saturated carbocycles. The van der Waals surface area contributed by atoms with Crippen LogP contribution < -0.4 is 10.4 Å². The van der Waals surface area contributed by atoms with Gasteiger partial charge in [-0.15, -0.1) is 0 Å². The van der Waals surface area contributed by atoms with E-state index in [9.17, 15) is 9.59 Å². The molecule has 8 nitrogen and oxygen atoms in total. The monoisotopic (exact) mass is 399 g/mol. The van der Waals surface area contributed by atoms with Gasteiger partial charge in [0.15, 0.2) is 0 Å². The molecule has 0 unspecified atom stereocenters. The van der Waals surface area contributed by atoms with Crippen molar-refractivity contribution in [2.75, 3.05) is 39.8 Å². The maximum atomic E-state index is 12.7. The van der Waals surface area contributed by atoms with Gasteiger partial charge < -0.3 is 9.64 Å². The highest BCUT2D eigenvalue weighted by Gasteiger charge is 2.22. The number of aryl methyl sites for hydroxylation is 2. The number of methoxy groups -OCH3 is 1. The summed E-state index contributed by atoms with van der Waals surface area (Å²) in [6.45, 7) is 5.54. The lowest BCUT2D eigenvalue weighted by Crippen LogP contribution is -2.49. The molecule has 1 fully saturated rings. The molecule has 0 bridgehead atoms. The fourth-order valence-corrected chi connectivity index (χ4v) is 4.13. The number of hydrogen-bond acceptors (Lipinski definition) is 5. The van der Waals surface area contributed by atoms with E-state index in [1.807, 2.05) is 33.7 Å². The zero-order chi connectivity index (χ0) is 20.2. The number of fused-ring (bicyclic) bond motifs is 1. The van der Waals surface area contributed by atoms with Crippen LogP contribution in [-0.4, -0.2) is 69.9 Å². The number of amides is 1. The van der Waals surface area contributed by atoms with Gasteiger partial charge in [-0.2, -0.15) is 5.10 Å². The van der Waals surface area contributed by atoms with Gasteiger partial charge in [-0.05, 0) is 43.5 Å². The van der Waals surface area contributed by atoms with E-state index < -0.39 is 0 Å². The Labute approximate surface area is 170 Å². The van der Waals surface area contributed by atoms with E-state index in [4.69, 9.17) is 4.74 Å². The molecule has 2 aromatic rings. The number of aromatic nitrogens is 3. The number of hydrogen-bond donors (Lipinski definition) is 0. The van der Waals surface area contributed by atoms with Crippen LogP contribution in [0.25, 0.3) is 0 Å². The summed E-state index contributed by atoms with van der Waals surface area (Å²) in [6, 6.07) is 7.27. The minimum Gasteiger partial charge on any atom is -0.497 e. The first-order valence-corrected chi connectivity index (χ1v) is 10.5. The molecular formula is C21H29N5O3. The molecule has 0 spiro atoms. The van der Waals surface area contributed by atoms with Crippen LogP contribution in [0.3, 0.4) is 0 Å². The highest BCUT2D eigenvalue weighted by Crippen LogP contribution is 2.14. The highest BCUT2D eigenvalue weighted by atomic mass is 16.5. The molecule has 2 aliphatic rings. The standard InChI is InChI=1S/C21H29N5O3/c1-29-18-8-6-17(7-9-18)20(27)24-15-13-23(14-16-24)10-4-12-26-21(28)25-11-3-2-5-19(25)22-26/h6-9H,2-5,10-16H2,1H3. The molecule has 2 aliphatic heterocycles. The van der Waals surface area contributed by atoms with Crippen LogP contribution in [0.4, 0.5) is 0 Å². The van der Waals surface area contributed by atoms with Crippen LogP contribution in [0.15, 0.2) is 29.1 Å². The number of ether oxygens (including phenoxy) is 1. The molecule has 29 heavy (non-hydrogen) atoms. The highest BCUT2D eigenvalue weighted by molar-refractivity contribution is 5.94. The molecule has 0 aliphatic carbocycles. The van der Waals surface area contributed by atoms with Crippen LogP contribution in [0.5, 0.6) is 5.75 Å². The number of nitrogens with zero attached hydrogens (tertiary/aromatic N) is 5. The van der Waals surface area contributed by atoms with Crippen molar-refractivity contribution in [3.8, 4) is 5.75 Å². The van der Waals surface area contributed by atoms with E-state index in [1.54, 1.807) is 11.8 Å². The Hall–Kier alpha value is -2.61. The number of benzene rings is 1. The fraction of sp³-hybridized carbons (Fsp3) is 0.571. The predicted molar refractivity (Wildman–Crippen MR) is 109 cm³/mol. The SMILES string of the molecule is COc1ccc(C(=O)N2CCN(CCCn3nc4n(c3=O)CCCC4)CC2)cc1. The van der Waals surface area contributed by atoms with E-state index in [-0.39, 0.29) is 11.6 Å². The van der Waals surface area contributed by atoms with Crippen LogP contribution in [-0.2, 0) is 19.5 Å². The second kappa shape index (κ2) is 8.82. The van der Waals surface area contributed by atoms with Crippen LogP contribution in [0.1, 0.15) is 35.4 Å². The van der Waals surface area contributed by atoms with Crippen LogP contribution >= 0.6 is 0 Å². The number of carbonyl (C=O) groups is 1. The zero-order valence-corrected chi connectivity index (χ0v) is 17.0. The largest absolute Gasteiger partial charge is 0.497 e. The van der Waals surface area contributed by atoms with E-state index in [0.29, 0.717) is 12.1 Å². The first kappa shape index (κ1) is 19.7. The molecular weight excluding hydrogens is 370 g/mol. The van der Waals surface area contributed by atoms with Crippen molar-refractivity contribution in [2.45, 2.75) is 38.8 Å². The van der Waals surface area contributed by atoms with Crippen molar-refractivity contribution in [3.63, 3.8) is 0 Å². The average Bonchev–Trinajstić information content (AvgIpc) is 3.09. The Balaban J connectivity index is 1.23. The Bertz CT molecular complexity index is 894. The minimum atomic E-state index is 0.0367. The van der Waals surface area contributed by atoms with Gasteiger partial charge in [0.25, 0.3) is 5.91 Å². The van der Waals surface area contributed by atoms with Gasteiger partial charge in [0.05, 0.1) is 7.11 Å². The second-order valence-corrected chi connectivity index (χ2v) is 7.75. The summed E-state index contributed by atoms with van der Waals surface area (Å²) in [5.74, 6) is 1.76. The van der Waals surface area contributed by atoms with Crippen molar-refractivity contribution in [2.24, 2.45) is 0 Å². The van der Waals surface area contributed by atoms with Gasteiger partial charge in [-0.25, -0.2) is 9.48 Å². The fourth-order valence-electron chi connectivity index (χ4n) is 4.13. The van der Waals surface area contributed by atoms with E-state index >= 15 is 0 Å². The van der Waals surface area contributed by atoms with Gasteiger partial charge >= 0.3 is 5.69 Å². The number of piperazine rings is 1. The summed E-state index contributed by atoms with van der Waals surface area (Å²) in [4.78, 5) is 29.3.